The number of hydrogen-bond acceptors (Lipinski definition) is 2. The topological polar surface area (TPSA) is 32.3 Å². The van der Waals surface area contributed by atoms with Crippen molar-refractivity contribution in [2.45, 2.75) is 32.9 Å². The lowest BCUT2D eigenvalue weighted by molar-refractivity contribution is 0.177. The van der Waals surface area contributed by atoms with Gasteiger partial charge in [-0.15, -0.1) is 0 Å². The van der Waals surface area contributed by atoms with Gasteiger partial charge in [-0.1, -0.05) is 54.4 Å². The van der Waals surface area contributed by atoms with Gasteiger partial charge in [0.2, 0.25) is 0 Å². The maximum absolute atomic E-state index is 10.5. The molecule has 2 unspecified atom stereocenters. The lowest BCUT2D eigenvalue weighted by atomic mass is 9.98. The smallest absolute Gasteiger partial charge is 0.131 e. The average Bonchev–Trinajstić information content (AvgIpc) is 2.42. The van der Waals surface area contributed by atoms with E-state index in [9.17, 15) is 5.11 Å². The van der Waals surface area contributed by atoms with Gasteiger partial charge < -0.3 is 10.4 Å². The number of anilines is 1. The van der Waals surface area contributed by atoms with E-state index in [1.807, 2.05) is 45.0 Å². The summed E-state index contributed by atoms with van der Waals surface area (Å²) in [6.07, 6.45) is -0.733. The molecule has 0 saturated carbocycles. The molecular formula is C17H19Cl2NO. The molecule has 0 amide bonds. The van der Waals surface area contributed by atoms with Gasteiger partial charge in [0.25, 0.3) is 0 Å². The first-order valence-electron chi connectivity index (χ1n) is 6.86. The highest BCUT2D eigenvalue weighted by Crippen LogP contribution is 2.31. The summed E-state index contributed by atoms with van der Waals surface area (Å²) in [5.41, 5.74) is 4.03. The van der Waals surface area contributed by atoms with Crippen LogP contribution in [0.4, 0.5) is 5.69 Å². The largest absolute Gasteiger partial charge is 0.373 e. The van der Waals surface area contributed by atoms with Crippen molar-refractivity contribution in [1.82, 2.24) is 0 Å². The quantitative estimate of drug-likeness (QED) is 0.763. The second-order valence-corrected chi connectivity index (χ2v) is 6.15. The van der Waals surface area contributed by atoms with Gasteiger partial charge in [0, 0.05) is 21.7 Å². The molecule has 0 heterocycles. The molecule has 0 spiro atoms. The number of rotatable bonds is 4. The predicted molar refractivity (Wildman–Crippen MR) is 90.4 cm³/mol. The molecule has 0 aliphatic carbocycles. The van der Waals surface area contributed by atoms with Gasteiger partial charge in [-0.3, -0.25) is 0 Å². The molecular weight excluding hydrogens is 305 g/mol. The number of aliphatic hydroxyl groups is 1. The summed E-state index contributed by atoms with van der Waals surface area (Å²) in [5, 5.41) is 14.8. The maximum atomic E-state index is 10.5. The minimum Gasteiger partial charge on any atom is -0.373 e. The highest BCUT2D eigenvalue weighted by Gasteiger charge is 2.20. The normalized spacial score (nSPS) is 13.8. The van der Waals surface area contributed by atoms with Gasteiger partial charge in [0.1, 0.15) is 6.23 Å². The van der Waals surface area contributed by atoms with Crippen LogP contribution in [0.3, 0.4) is 0 Å². The zero-order valence-corrected chi connectivity index (χ0v) is 13.8. The highest BCUT2D eigenvalue weighted by atomic mass is 35.5. The molecule has 0 bridgehead atoms. The molecule has 21 heavy (non-hydrogen) atoms. The van der Waals surface area contributed by atoms with Crippen LogP contribution < -0.4 is 5.32 Å². The fraction of sp³-hybridized carbons (Fsp3) is 0.294. The van der Waals surface area contributed by atoms with E-state index in [4.69, 9.17) is 23.2 Å². The van der Waals surface area contributed by atoms with E-state index >= 15 is 0 Å². The van der Waals surface area contributed by atoms with Crippen LogP contribution in [0.1, 0.15) is 29.5 Å². The molecule has 2 aromatic carbocycles. The third kappa shape index (κ3) is 3.70. The Hall–Kier alpha value is -1.22. The van der Waals surface area contributed by atoms with E-state index in [1.54, 1.807) is 12.1 Å². The molecule has 2 N–H and O–H groups in total. The van der Waals surface area contributed by atoms with Gasteiger partial charge in [0.05, 0.1) is 0 Å². The minimum atomic E-state index is -0.733. The summed E-state index contributed by atoms with van der Waals surface area (Å²) in [7, 11) is 0. The Balaban J connectivity index is 2.21. The molecule has 2 nitrogen and oxygen atoms in total. The second-order valence-electron chi connectivity index (χ2n) is 5.31. The Morgan fingerprint density at radius 2 is 1.67 bits per heavy atom. The number of para-hydroxylation sites is 1. The molecule has 0 aromatic heterocycles. The van der Waals surface area contributed by atoms with Crippen molar-refractivity contribution in [2.24, 2.45) is 0 Å². The summed E-state index contributed by atoms with van der Waals surface area (Å²) in [6, 6.07) is 11.4. The standard InChI is InChI=1S/C17H19Cl2NO/c1-10-5-4-6-11(2)16(10)20-17(21)12(3)14-8-7-13(18)9-15(14)19/h4-9,12,17,20-21H,1-3H3. The van der Waals surface area contributed by atoms with Crippen LogP contribution in [0, 0.1) is 13.8 Å². The van der Waals surface area contributed by atoms with Crippen LogP contribution in [-0.4, -0.2) is 11.3 Å². The summed E-state index contributed by atoms with van der Waals surface area (Å²) in [4.78, 5) is 0. The number of nitrogens with one attached hydrogen (secondary N) is 1. The number of aryl methyl sites for hydroxylation is 2. The van der Waals surface area contributed by atoms with Crippen molar-refractivity contribution < 1.29 is 5.11 Å². The fourth-order valence-electron chi connectivity index (χ4n) is 2.36. The summed E-state index contributed by atoms with van der Waals surface area (Å²) < 4.78 is 0. The second kappa shape index (κ2) is 6.69. The van der Waals surface area contributed by atoms with E-state index in [-0.39, 0.29) is 5.92 Å². The molecule has 4 heteroatoms. The van der Waals surface area contributed by atoms with E-state index in [0.717, 1.165) is 22.4 Å². The zero-order valence-electron chi connectivity index (χ0n) is 12.3. The minimum absolute atomic E-state index is 0.159. The average molecular weight is 324 g/mol. The molecule has 2 aromatic rings. The van der Waals surface area contributed by atoms with E-state index in [2.05, 4.69) is 5.32 Å². The first-order chi connectivity index (χ1) is 9.90. The first-order valence-corrected chi connectivity index (χ1v) is 7.61. The molecule has 0 radical (unpaired) electrons. The van der Waals surface area contributed by atoms with Crippen LogP contribution in [0.2, 0.25) is 10.0 Å². The number of benzene rings is 2. The van der Waals surface area contributed by atoms with Crippen LogP contribution in [-0.2, 0) is 0 Å². The van der Waals surface area contributed by atoms with Crippen molar-refractivity contribution in [1.29, 1.82) is 0 Å². The zero-order chi connectivity index (χ0) is 15.6. The van der Waals surface area contributed by atoms with Gasteiger partial charge in [-0.05, 0) is 42.7 Å². The van der Waals surface area contributed by atoms with Crippen molar-refractivity contribution in [3.63, 3.8) is 0 Å². The van der Waals surface area contributed by atoms with E-state index < -0.39 is 6.23 Å². The Morgan fingerprint density at radius 1 is 1.05 bits per heavy atom. The van der Waals surface area contributed by atoms with Crippen LogP contribution >= 0.6 is 23.2 Å². The van der Waals surface area contributed by atoms with Crippen LogP contribution in [0.15, 0.2) is 36.4 Å². The van der Waals surface area contributed by atoms with E-state index in [0.29, 0.717) is 10.0 Å². The van der Waals surface area contributed by atoms with Crippen molar-refractivity contribution in [3.05, 3.63) is 63.1 Å². The van der Waals surface area contributed by atoms with Crippen molar-refractivity contribution in [3.8, 4) is 0 Å². The third-order valence-corrected chi connectivity index (χ3v) is 4.26. The predicted octanol–water partition coefficient (Wildman–Crippen LogP) is 5.14. The van der Waals surface area contributed by atoms with Crippen LogP contribution in [0.5, 0.6) is 0 Å². The molecule has 2 atom stereocenters. The van der Waals surface area contributed by atoms with Gasteiger partial charge in [-0.25, -0.2) is 0 Å². The molecule has 0 saturated heterocycles. The Bertz CT molecular complexity index is 622. The van der Waals surface area contributed by atoms with Gasteiger partial charge in [0.15, 0.2) is 0 Å². The van der Waals surface area contributed by atoms with Gasteiger partial charge in [-0.2, -0.15) is 0 Å². The third-order valence-electron chi connectivity index (χ3n) is 3.70. The Labute approximate surface area is 135 Å². The molecule has 0 aliphatic rings. The Kier molecular flexibility index (Phi) is 5.15. The molecule has 112 valence electrons. The number of aliphatic hydroxyl groups excluding tert-OH is 1. The van der Waals surface area contributed by atoms with E-state index in [1.165, 1.54) is 0 Å². The van der Waals surface area contributed by atoms with Crippen LogP contribution in [0.25, 0.3) is 0 Å². The van der Waals surface area contributed by atoms with Crippen molar-refractivity contribution in [2.75, 3.05) is 5.32 Å². The number of hydrogen-bond donors (Lipinski definition) is 2. The first kappa shape index (κ1) is 16.2. The maximum Gasteiger partial charge on any atom is 0.131 e. The summed E-state index contributed by atoms with van der Waals surface area (Å²) in [5.74, 6) is -0.159. The molecule has 2 rings (SSSR count). The molecule has 0 fully saturated rings. The fourth-order valence-corrected chi connectivity index (χ4v) is 2.94. The number of halogens is 2. The van der Waals surface area contributed by atoms with Gasteiger partial charge >= 0.3 is 0 Å². The molecule has 0 aliphatic heterocycles. The summed E-state index contributed by atoms with van der Waals surface area (Å²) in [6.45, 7) is 5.96. The highest BCUT2D eigenvalue weighted by molar-refractivity contribution is 6.35. The lowest BCUT2D eigenvalue weighted by Gasteiger charge is -2.24. The monoisotopic (exact) mass is 323 g/mol. The Morgan fingerprint density at radius 3 is 2.24 bits per heavy atom. The summed E-state index contributed by atoms with van der Waals surface area (Å²) >= 11 is 12.1. The van der Waals surface area contributed by atoms with Crippen molar-refractivity contribution >= 4 is 28.9 Å². The SMILES string of the molecule is Cc1cccc(C)c1NC(O)C(C)c1ccc(Cl)cc1Cl. The lowest BCUT2D eigenvalue weighted by Crippen LogP contribution is -2.26.